The summed E-state index contributed by atoms with van der Waals surface area (Å²) in [6.45, 7) is 2.24. The van der Waals surface area contributed by atoms with Crippen LogP contribution in [-0.2, 0) is 23.9 Å². The molecule has 7 heteroatoms. The first kappa shape index (κ1) is 15.9. The topological polar surface area (TPSA) is 110 Å². The quantitative estimate of drug-likeness (QED) is 0.446. The van der Waals surface area contributed by atoms with Crippen molar-refractivity contribution in [3.8, 4) is 0 Å². The second-order valence-corrected chi connectivity index (χ2v) is 3.03. The zero-order valence-corrected chi connectivity index (χ0v) is 9.57. The van der Waals surface area contributed by atoms with Crippen LogP contribution in [0.25, 0.3) is 0 Å². The first-order valence-corrected chi connectivity index (χ1v) is 4.99. The molecule has 100 valence electrons. The Morgan fingerprint density at radius 3 is 2.44 bits per heavy atom. The summed E-state index contributed by atoms with van der Waals surface area (Å²) in [5.74, 6) is -3.82. The molecular formula is C11H14O7. The van der Waals surface area contributed by atoms with E-state index < -0.39 is 23.8 Å². The Morgan fingerprint density at radius 2 is 1.94 bits per heavy atom. The van der Waals surface area contributed by atoms with Crippen LogP contribution >= 0.6 is 0 Å². The maximum absolute atomic E-state index is 11.4. The van der Waals surface area contributed by atoms with E-state index >= 15 is 0 Å². The van der Waals surface area contributed by atoms with E-state index in [0.717, 1.165) is 18.2 Å². The van der Waals surface area contributed by atoms with Gasteiger partial charge in [-0.1, -0.05) is 12.7 Å². The fraction of sp³-hybridized carbons (Fsp3) is 0.364. The van der Waals surface area contributed by atoms with Gasteiger partial charge >= 0.3 is 17.9 Å². The van der Waals surface area contributed by atoms with Crippen LogP contribution in [0, 0.1) is 5.92 Å². The monoisotopic (exact) mass is 258 g/mol. The standard InChI is InChI=1S/C11H14O7/c1-2-10(15)18-7-8(3-4-9(13)14)11(16)17-6-5-12/h2-4,8,12H,1,5-7H2,(H,13,14). The molecule has 2 N–H and O–H groups in total. The van der Waals surface area contributed by atoms with Gasteiger partial charge in [-0.3, -0.25) is 4.79 Å². The molecule has 0 radical (unpaired) electrons. The zero-order chi connectivity index (χ0) is 14.0. The summed E-state index contributed by atoms with van der Waals surface area (Å²) >= 11 is 0. The highest BCUT2D eigenvalue weighted by molar-refractivity contribution is 5.83. The Labute approximate surface area is 103 Å². The molecule has 0 heterocycles. The minimum absolute atomic E-state index is 0.217. The third-order valence-corrected chi connectivity index (χ3v) is 1.68. The predicted molar refractivity (Wildman–Crippen MR) is 59.5 cm³/mol. The van der Waals surface area contributed by atoms with Crippen molar-refractivity contribution in [3.63, 3.8) is 0 Å². The summed E-state index contributed by atoms with van der Waals surface area (Å²) in [4.78, 5) is 32.6. The summed E-state index contributed by atoms with van der Waals surface area (Å²) in [6.07, 6.45) is 2.70. The Kier molecular flexibility index (Phi) is 7.87. The second-order valence-electron chi connectivity index (χ2n) is 3.03. The van der Waals surface area contributed by atoms with Crippen LogP contribution in [-0.4, -0.2) is 47.9 Å². The van der Waals surface area contributed by atoms with Gasteiger partial charge in [0.05, 0.1) is 6.61 Å². The van der Waals surface area contributed by atoms with E-state index in [2.05, 4.69) is 16.1 Å². The number of ether oxygens (including phenoxy) is 2. The molecular weight excluding hydrogens is 244 g/mol. The van der Waals surface area contributed by atoms with Crippen LogP contribution in [0.15, 0.2) is 24.8 Å². The molecule has 0 fully saturated rings. The molecule has 0 saturated heterocycles. The van der Waals surface area contributed by atoms with E-state index in [9.17, 15) is 14.4 Å². The van der Waals surface area contributed by atoms with Crippen LogP contribution in [0.5, 0.6) is 0 Å². The van der Waals surface area contributed by atoms with Gasteiger partial charge in [-0.25, -0.2) is 9.59 Å². The first-order chi connectivity index (χ1) is 8.51. The van der Waals surface area contributed by atoms with Crippen molar-refractivity contribution in [2.75, 3.05) is 19.8 Å². The number of hydrogen-bond donors (Lipinski definition) is 2. The van der Waals surface area contributed by atoms with E-state index in [1.807, 2.05) is 0 Å². The molecule has 0 spiro atoms. The molecule has 1 atom stereocenters. The normalized spacial score (nSPS) is 11.8. The average molecular weight is 258 g/mol. The fourth-order valence-corrected chi connectivity index (χ4v) is 0.885. The van der Waals surface area contributed by atoms with Crippen molar-refractivity contribution >= 4 is 17.9 Å². The molecule has 0 aromatic rings. The molecule has 7 nitrogen and oxygen atoms in total. The van der Waals surface area contributed by atoms with Gasteiger partial charge in [-0.2, -0.15) is 0 Å². The molecule has 0 aliphatic heterocycles. The third-order valence-electron chi connectivity index (χ3n) is 1.68. The van der Waals surface area contributed by atoms with E-state index in [1.54, 1.807) is 0 Å². The number of carbonyl (C=O) groups is 3. The molecule has 0 rings (SSSR count). The summed E-state index contributed by atoms with van der Waals surface area (Å²) in [5.41, 5.74) is 0. The predicted octanol–water partition coefficient (Wildman–Crippen LogP) is -0.492. The summed E-state index contributed by atoms with van der Waals surface area (Å²) in [7, 11) is 0. The Bertz CT molecular complexity index is 345. The molecule has 0 aliphatic carbocycles. The lowest BCUT2D eigenvalue weighted by atomic mass is 10.1. The highest BCUT2D eigenvalue weighted by Gasteiger charge is 2.19. The number of aliphatic hydroxyl groups excluding tert-OH is 1. The molecule has 0 saturated carbocycles. The van der Waals surface area contributed by atoms with Gasteiger partial charge in [0, 0.05) is 12.2 Å². The highest BCUT2D eigenvalue weighted by Crippen LogP contribution is 2.04. The largest absolute Gasteiger partial charge is 0.478 e. The number of carboxylic acid groups (broad SMARTS) is 1. The van der Waals surface area contributed by atoms with Crippen molar-refractivity contribution < 1.29 is 34.1 Å². The maximum Gasteiger partial charge on any atom is 0.330 e. The van der Waals surface area contributed by atoms with Gasteiger partial charge in [0.2, 0.25) is 0 Å². The maximum atomic E-state index is 11.4. The van der Waals surface area contributed by atoms with Crippen molar-refractivity contribution in [2.45, 2.75) is 0 Å². The highest BCUT2D eigenvalue weighted by atomic mass is 16.6. The van der Waals surface area contributed by atoms with Gasteiger partial charge in [0.15, 0.2) is 0 Å². The number of esters is 2. The van der Waals surface area contributed by atoms with Crippen LogP contribution in [0.2, 0.25) is 0 Å². The van der Waals surface area contributed by atoms with Gasteiger partial charge in [-0.05, 0) is 0 Å². The van der Waals surface area contributed by atoms with E-state index in [-0.39, 0.29) is 19.8 Å². The first-order valence-electron chi connectivity index (χ1n) is 4.99. The van der Waals surface area contributed by atoms with Gasteiger partial charge in [-0.15, -0.1) is 0 Å². The smallest absolute Gasteiger partial charge is 0.330 e. The van der Waals surface area contributed by atoms with Crippen LogP contribution in [0.3, 0.4) is 0 Å². The summed E-state index contributed by atoms with van der Waals surface area (Å²) < 4.78 is 9.22. The van der Waals surface area contributed by atoms with E-state index in [1.165, 1.54) is 0 Å². The van der Waals surface area contributed by atoms with Crippen molar-refractivity contribution in [1.29, 1.82) is 0 Å². The number of aliphatic carboxylic acids is 1. The molecule has 18 heavy (non-hydrogen) atoms. The van der Waals surface area contributed by atoms with Crippen LogP contribution in [0.4, 0.5) is 0 Å². The number of aliphatic hydroxyl groups is 1. The van der Waals surface area contributed by atoms with Gasteiger partial charge in [0.25, 0.3) is 0 Å². The van der Waals surface area contributed by atoms with Crippen molar-refractivity contribution in [3.05, 3.63) is 24.8 Å². The summed E-state index contributed by atoms with van der Waals surface area (Å²) in [5, 5.41) is 16.9. The SMILES string of the molecule is C=CC(=O)OCC(C=CC(=O)O)C(=O)OCCO. The number of carboxylic acids is 1. The summed E-state index contributed by atoms with van der Waals surface area (Å²) in [6, 6.07) is 0. The Balaban J connectivity index is 4.50. The minimum Gasteiger partial charge on any atom is -0.478 e. The van der Waals surface area contributed by atoms with Crippen molar-refractivity contribution in [2.24, 2.45) is 5.92 Å². The minimum atomic E-state index is -1.25. The van der Waals surface area contributed by atoms with Gasteiger partial charge in [0.1, 0.15) is 19.1 Å². The average Bonchev–Trinajstić information content (AvgIpc) is 2.35. The molecule has 1 unspecified atom stereocenters. The van der Waals surface area contributed by atoms with Gasteiger partial charge < -0.3 is 19.7 Å². The molecule has 0 aliphatic rings. The number of hydrogen-bond acceptors (Lipinski definition) is 6. The zero-order valence-electron chi connectivity index (χ0n) is 9.57. The third kappa shape index (κ3) is 7.18. The van der Waals surface area contributed by atoms with E-state index in [4.69, 9.17) is 10.2 Å². The van der Waals surface area contributed by atoms with Crippen molar-refractivity contribution in [1.82, 2.24) is 0 Å². The molecule has 0 aromatic heterocycles. The fourth-order valence-electron chi connectivity index (χ4n) is 0.885. The molecule has 0 amide bonds. The Hall–Kier alpha value is -2.15. The van der Waals surface area contributed by atoms with Crippen LogP contribution in [0.1, 0.15) is 0 Å². The number of carbonyl (C=O) groups excluding carboxylic acids is 2. The second kappa shape index (κ2) is 8.94. The molecule has 0 aromatic carbocycles. The Morgan fingerprint density at radius 1 is 1.28 bits per heavy atom. The lowest BCUT2D eigenvalue weighted by molar-refractivity contribution is -0.151. The lowest BCUT2D eigenvalue weighted by Crippen LogP contribution is -2.23. The number of rotatable bonds is 8. The van der Waals surface area contributed by atoms with E-state index in [0.29, 0.717) is 0 Å². The lowest BCUT2D eigenvalue weighted by Gasteiger charge is -2.11. The molecule has 0 bridgehead atoms. The van der Waals surface area contributed by atoms with Crippen LogP contribution < -0.4 is 0 Å².